The van der Waals surface area contributed by atoms with E-state index >= 15 is 0 Å². The van der Waals surface area contributed by atoms with Gasteiger partial charge in [0.2, 0.25) is 0 Å². The Morgan fingerprint density at radius 2 is 1.77 bits per heavy atom. The fraction of sp³-hybridized carbons (Fsp3) is 0.261. The number of carbonyl (C=O) groups is 1. The Bertz CT molecular complexity index is 1050. The molecular formula is C23H24N4O4. The number of hydrogen-bond donors (Lipinski definition) is 1. The van der Waals surface area contributed by atoms with Gasteiger partial charge in [-0.2, -0.15) is 0 Å². The molecule has 0 aliphatic carbocycles. The molecule has 8 heteroatoms. The monoisotopic (exact) mass is 420 g/mol. The molecule has 8 nitrogen and oxygen atoms in total. The molecule has 31 heavy (non-hydrogen) atoms. The quantitative estimate of drug-likeness (QED) is 0.655. The van der Waals surface area contributed by atoms with E-state index in [9.17, 15) is 4.79 Å². The van der Waals surface area contributed by atoms with Crippen LogP contribution in [0.4, 0.5) is 11.5 Å². The topological polar surface area (TPSA) is 85.8 Å². The maximum absolute atomic E-state index is 12.7. The van der Waals surface area contributed by atoms with E-state index < -0.39 is 0 Å². The van der Waals surface area contributed by atoms with Crippen molar-refractivity contribution in [1.82, 2.24) is 10.2 Å². The van der Waals surface area contributed by atoms with Gasteiger partial charge in [-0.05, 0) is 42.5 Å². The van der Waals surface area contributed by atoms with Crippen LogP contribution in [0, 0.1) is 0 Å². The van der Waals surface area contributed by atoms with Gasteiger partial charge >= 0.3 is 0 Å². The molecule has 4 rings (SSSR count). The first-order valence-electron chi connectivity index (χ1n) is 9.98. The molecule has 1 aromatic heterocycles. The number of nitrogens with zero attached hydrogens (tertiary/aromatic N) is 3. The third-order valence-electron chi connectivity index (χ3n) is 5.05. The van der Waals surface area contributed by atoms with E-state index in [1.165, 1.54) is 7.11 Å². The van der Waals surface area contributed by atoms with E-state index in [2.05, 4.69) is 20.4 Å². The summed E-state index contributed by atoms with van der Waals surface area (Å²) in [7, 11) is 3.09. The number of methoxy groups -OCH3 is 2. The largest absolute Gasteiger partial charge is 0.493 e. The molecule has 1 saturated heterocycles. The van der Waals surface area contributed by atoms with Crippen molar-refractivity contribution < 1.29 is 19.0 Å². The lowest BCUT2D eigenvalue weighted by Gasteiger charge is -2.27. The summed E-state index contributed by atoms with van der Waals surface area (Å²) in [4.78, 5) is 14.9. The maximum Gasteiger partial charge on any atom is 0.255 e. The standard InChI is InChI=1S/C23H24N4O4/c1-29-20-8-6-17(15-21(20)30-2)23(28)24-18-5-3-4-16(14-18)19-7-9-22(26-25-19)27-10-12-31-13-11-27/h3-9,14-15H,10-13H2,1-2H3,(H,24,28). The number of anilines is 2. The lowest BCUT2D eigenvalue weighted by molar-refractivity contribution is 0.102. The van der Waals surface area contributed by atoms with Gasteiger partial charge in [0, 0.05) is 29.9 Å². The lowest BCUT2D eigenvalue weighted by atomic mass is 10.1. The van der Waals surface area contributed by atoms with Crippen molar-refractivity contribution in [3.05, 3.63) is 60.2 Å². The average molecular weight is 420 g/mol. The molecule has 3 aromatic rings. The number of morpholine rings is 1. The predicted molar refractivity (Wildman–Crippen MR) is 118 cm³/mol. The molecule has 0 atom stereocenters. The number of carbonyl (C=O) groups excluding carboxylic acids is 1. The average Bonchev–Trinajstić information content (AvgIpc) is 2.84. The van der Waals surface area contributed by atoms with Gasteiger partial charge in [-0.25, -0.2) is 0 Å². The minimum atomic E-state index is -0.244. The van der Waals surface area contributed by atoms with Crippen molar-refractivity contribution in [2.45, 2.75) is 0 Å². The van der Waals surface area contributed by atoms with Crippen LogP contribution in [-0.4, -0.2) is 56.6 Å². The molecular weight excluding hydrogens is 396 g/mol. The predicted octanol–water partition coefficient (Wildman–Crippen LogP) is 3.25. The highest BCUT2D eigenvalue weighted by molar-refractivity contribution is 6.04. The Labute approximate surface area is 180 Å². The zero-order valence-electron chi connectivity index (χ0n) is 17.5. The molecule has 0 saturated carbocycles. The van der Waals surface area contributed by atoms with Crippen LogP contribution >= 0.6 is 0 Å². The van der Waals surface area contributed by atoms with Crippen LogP contribution in [0.5, 0.6) is 11.5 Å². The van der Waals surface area contributed by atoms with Crippen LogP contribution < -0.4 is 19.7 Å². The van der Waals surface area contributed by atoms with Crippen molar-refractivity contribution in [3.63, 3.8) is 0 Å². The zero-order valence-corrected chi connectivity index (χ0v) is 17.5. The summed E-state index contributed by atoms with van der Waals surface area (Å²) < 4.78 is 15.9. The highest BCUT2D eigenvalue weighted by Crippen LogP contribution is 2.28. The van der Waals surface area contributed by atoms with Gasteiger partial charge in [0.05, 0.1) is 33.1 Å². The van der Waals surface area contributed by atoms with Gasteiger partial charge in [-0.3, -0.25) is 4.79 Å². The summed E-state index contributed by atoms with van der Waals surface area (Å²) in [5.41, 5.74) is 2.74. The van der Waals surface area contributed by atoms with Crippen LogP contribution in [0.25, 0.3) is 11.3 Å². The van der Waals surface area contributed by atoms with Gasteiger partial charge in [0.15, 0.2) is 17.3 Å². The van der Waals surface area contributed by atoms with Crippen molar-refractivity contribution in [2.75, 3.05) is 50.7 Å². The summed E-state index contributed by atoms with van der Waals surface area (Å²) in [5, 5.41) is 11.6. The van der Waals surface area contributed by atoms with Gasteiger partial charge in [-0.15, -0.1) is 10.2 Å². The first kappa shape index (κ1) is 20.6. The van der Waals surface area contributed by atoms with Crippen LogP contribution in [0.3, 0.4) is 0 Å². The molecule has 2 aromatic carbocycles. The second-order valence-electron chi connectivity index (χ2n) is 6.98. The van der Waals surface area contributed by atoms with E-state index in [-0.39, 0.29) is 5.91 Å². The third-order valence-corrected chi connectivity index (χ3v) is 5.05. The molecule has 1 fully saturated rings. The number of rotatable bonds is 6. The molecule has 2 heterocycles. The molecule has 1 amide bonds. The number of nitrogens with one attached hydrogen (secondary N) is 1. The summed E-state index contributed by atoms with van der Waals surface area (Å²) in [6.45, 7) is 3.02. The van der Waals surface area contributed by atoms with Crippen molar-refractivity contribution in [2.24, 2.45) is 0 Å². The molecule has 1 N–H and O–H groups in total. The number of aromatic nitrogens is 2. The summed E-state index contributed by atoms with van der Waals surface area (Å²) in [5.74, 6) is 1.66. The number of benzene rings is 2. The minimum absolute atomic E-state index is 0.244. The normalized spacial score (nSPS) is 13.5. The van der Waals surface area contributed by atoms with E-state index in [0.717, 1.165) is 30.2 Å². The van der Waals surface area contributed by atoms with Crippen LogP contribution in [0.1, 0.15) is 10.4 Å². The van der Waals surface area contributed by atoms with Crippen molar-refractivity contribution >= 4 is 17.4 Å². The molecule has 1 aliphatic heterocycles. The molecule has 0 spiro atoms. The Morgan fingerprint density at radius 1 is 0.968 bits per heavy atom. The van der Waals surface area contributed by atoms with Crippen LogP contribution in [0.2, 0.25) is 0 Å². The van der Waals surface area contributed by atoms with E-state index in [4.69, 9.17) is 14.2 Å². The summed E-state index contributed by atoms with van der Waals surface area (Å²) >= 11 is 0. The lowest BCUT2D eigenvalue weighted by Crippen LogP contribution is -2.36. The number of ether oxygens (including phenoxy) is 3. The van der Waals surface area contributed by atoms with Crippen LogP contribution in [-0.2, 0) is 4.74 Å². The van der Waals surface area contributed by atoms with E-state index in [1.54, 1.807) is 25.3 Å². The molecule has 0 unspecified atom stereocenters. The Balaban J connectivity index is 1.49. The Kier molecular flexibility index (Phi) is 6.28. The molecule has 1 aliphatic rings. The number of amides is 1. The summed E-state index contributed by atoms with van der Waals surface area (Å²) in [6.07, 6.45) is 0. The third kappa shape index (κ3) is 4.75. The van der Waals surface area contributed by atoms with Gasteiger partial charge in [-0.1, -0.05) is 12.1 Å². The Morgan fingerprint density at radius 3 is 2.48 bits per heavy atom. The molecule has 0 bridgehead atoms. The maximum atomic E-state index is 12.7. The first-order chi connectivity index (χ1) is 15.2. The highest BCUT2D eigenvalue weighted by Gasteiger charge is 2.14. The second-order valence-corrected chi connectivity index (χ2v) is 6.98. The minimum Gasteiger partial charge on any atom is -0.493 e. The fourth-order valence-electron chi connectivity index (χ4n) is 3.38. The first-order valence-corrected chi connectivity index (χ1v) is 9.98. The van der Waals surface area contributed by atoms with Crippen molar-refractivity contribution in [3.8, 4) is 22.8 Å². The van der Waals surface area contributed by atoms with Crippen LogP contribution in [0.15, 0.2) is 54.6 Å². The van der Waals surface area contributed by atoms with E-state index in [1.807, 2.05) is 36.4 Å². The van der Waals surface area contributed by atoms with Gasteiger partial charge in [0.1, 0.15) is 0 Å². The Hall–Kier alpha value is -3.65. The SMILES string of the molecule is COc1ccc(C(=O)Nc2cccc(-c3ccc(N4CCOCC4)nn3)c2)cc1OC. The second kappa shape index (κ2) is 9.44. The van der Waals surface area contributed by atoms with Crippen molar-refractivity contribution in [1.29, 1.82) is 0 Å². The molecule has 160 valence electrons. The smallest absolute Gasteiger partial charge is 0.255 e. The number of hydrogen-bond acceptors (Lipinski definition) is 7. The highest BCUT2D eigenvalue weighted by atomic mass is 16.5. The fourth-order valence-corrected chi connectivity index (χ4v) is 3.38. The molecule has 0 radical (unpaired) electrons. The van der Waals surface area contributed by atoms with Gasteiger partial charge in [0.25, 0.3) is 5.91 Å². The summed E-state index contributed by atoms with van der Waals surface area (Å²) in [6, 6.07) is 16.5. The van der Waals surface area contributed by atoms with Gasteiger partial charge < -0.3 is 24.4 Å². The van der Waals surface area contributed by atoms with E-state index in [0.29, 0.717) is 36.0 Å². The zero-order chi connectivity index (χ0) is 21.6.